The molecule has 2 aromatic heterocycles. The molecule has 1 fully saturated rings. The number of aryl methyl sites for hydroxylation is 1. The van der Waals surface area contributed by atoms with Crippen molar-refractivity contribution in [2.24, 2.45) is 0 Å². The van der Waals surface area contributed by atoms with Crippen LogP contribution in [0.25, 0.3) is 5.69 Å². The first-order chi connectivity index (χ1) is 17.9. The molecular weight excluding hydrogens is 500 g/mol. The van der Waals surface area contributed by atoms with Crippen LogP contribution in [0.2, 0.25) is 0 Å². The van der Waals surface area contributed by atoms with E-state index in [0.717, 1.165) is 18.5 Å². The molecule has 1 atom stereocenters. The fourth-order valence-electron chi connectivity index (χ4n) is 4.87. The molecule has 0 bridgehead atoms. The standard InChI is InChI=1S/C24H30N6O6S/c1-34-19-9-16(10-20(35-2)22(19)36-3)29-11-21(25-14-29)27-24-26-18-6-8-37(32,33)13-17(18)23(28-24)30-7-4-5-15(30)12-31/h9-11,14-15,31H,4-8,12-13H2,1-3H3,(H,26,27,28). The van der Waals surface area contributed by atoms with E-state index in [0.29, 0.717) is 59.1 Å². The van der Waals surface area contributed by atoms with Gasteiger partial charge in [0.05, 0.1) is 63.1 Å². The van der Waals surface area contributed by atoms with Gasteiger partial charge < -0.3 is 34.1 Å². The normalized spacial score (nSPS) is 18.4. The van der Waals surface area contributed by atoms with E-state index in [-0.39, 0.29) is 24.2 Å². The first-order valence-corrected chi connectivity index (χ1v) is 13.8. The molecule has 0 aliphatic carbocycles. The monoisotopic (exact) mass is 530 g/mol. The Morgan fingerprint density at radius 1 is 1.14 bits per heavy atom. The van der Waals surface area contributed by atoms with Gasteiger partial charge in [0.25, 0.3) is 0 Å². The van der Waals surface area contributed by atoms with E-state index in [2.05, 4.69) is 15.3 Å². The lowest BCUT2D eigenvalue weighted by molar-refractivity contribution is 0.266. The summed E-state index contributed by atoms with van der Waals surface area (Å²) in [5.41, 5.74) is 2.07. The van der Waals surface area contributed by atoms with Crippen molar-refractivity contribution < 1.29 is 27.7 Å². The number of benzene rings is 1. The Morgan fingerprint density at radius 3 is 2.57 bits per heavy atom. The van der Waals surface area contributed by atoms with Gasteiger partial charge in [0, 0.05) is 30.7 Å². The molecule has 0 radical (unpaired) electrons. The summed E-state index contributed by atoms with van der Waals surface area (Å²) in [5, 5.41) is 13.0. The van der Waals surface area contributed by atoms with E-state index in [1.807, 2.05) is 17.0 Å². The Balaban J connectivity index is 1.48. The molecule has 198 valence electrons. The molecule has 0 amide bonds. The van der Waals surface area contributed by atoms with E-state index in [9.17, 15) is 13.5 Å². The summed E-state index contributed by atoms with van der Waals surface area (Å²) in [7, 11) is 1.44. The van der Waals surface area contributed by atoms with Crippen LogP contribution in [0.1, 0.15) is 24.1 Å². The Kier molecular flexibility index (Phi) is 6.82. The van der Waals surface area contributed by atoms with Crippen LogP contribution in [0.15, 0.2) is 24.7 Å². The third-order valence-electron chi connectivity index (χ3n) is 6.72. The van der Waals surface area contributed by atoms with Crippen LogP contribution in [-0.2, 0) is 22.0 Å². The molecule has 37 heavy (non-hydrogen) atoms. The minimum atomic E-state index is -3.22. The Hall–Kier alpha value is -3.58. The second-order valence-corrected chi connectivity index (χ2v) is 11.2. The Labute approximate surface area is 215 Å². The van der Waals surface area contributed by atoms with Gasteiger partial charge in [-0.2, -0.15) is 4.98 Å². The van der Waals surface area contributed by atoms with E-state index in [4.69, 9.17) is 19.2 Å². The summed E-state index contributed by atoms with van der Waals surface area (Å²) in [6, 6.07) is 3.52. The summed E-state index contributed by atoms with van der Waals surface area (Å²) in [4.78, 5) is 15.8. The SMILES string of the molecule is COc1cc(-n2cnc(Nc3nc4c(c(N5CCCC5CO)n3)CS(=O)(=O)CC4)c2)cc(OC)c1OC. The van der Waals surface area contributed by atoms with Crippen molar-refractivity contribution >= 4 is 27.4 Å². The zero-order valence-electron chi connectivity index (χ0n) is 21.0. The van der Waals surface area contributed by atoms with Crippen LogP contribution in [0.3, 0.4) is 0 Å². The number of fused-ring (bicyclic) bond motifs is 1. The van der Waals surface area contributed by atoms with Crippen LogP contribution < -0.4 is 24.4 Å². The second kappa shape index (κ2) is 10.1. The number of aliphatic hydroxyl groups is 1. The number of aliphatic hydroxyl groups excluding tert-OH is 1. The largest absolute Gasteiger partial charge is 0.493 e. The van der Waals surface area contributed by atoms with Gasteiger partial charge in [-0.15, -0.1) is 0 Å². The average Bonchev–Trinajstić information content (AvgIpc) is 3.57. The zero-order valence-corrected chi connectivity index (χ0v) is 21.8. The molecule has 13 heteroatoms. The lowest BCUT2D eigenvalue weighted by atomic mass is 10.1. The highest BCUT2D eigenvalue weighted by atomic mass is 32.2. The van der Waals surface area contributed by atoms with Gasteiger partial charge in [-0.1, -0.05) is 0 Å². The molecule has 3 aromatic rings. The third-order valence-corrected chi connectivity index (χ3v) is 8.27. The maximum Gasteiger partial charge on any atom is 0.230 e. The van der Waals surface area contributed by atoms with Crippen LogP contribution >= 0.6 is 0 Å². The summed E-state index contributed by atoms with van der Waals surface area (Å²) < 4.78 is 42.9. The van der Waals surface area contributed by atoms with Gasteiger partial charge in [-0.3, -0.25) is 0 Å². The van der Waals surface area contributed by atoms with Crippen molar-refractivity contribution in [3.63, 3.8) is 0 Å². The number of anilines is 3. The number of methoxy groups -OCH3 is 3. The van der Waals surface area contributed by atoms with Crippen LogP contribution in [0, 0.1) is 0 Å². The van der Waals surface area contributed by atoms with Crippen molar-refractivity contribution in [1.29, 1.82) is 0 Å². The quantitative estimate of drug-likeness (QED) is 0.441. The number of hydrogen-bond donors (Lipinski definition) is 2. The summed E-state index contributed by atoms with van der Waals surface area (Å²) in [5.74, 6) is 2.87. The molecule has 1 unspecified atom stereocenters. The maximum absolute atomic E-state index is 12.4. The van der Waals surface area contributed by atoms with Gasteiger partial charge in [0.15, 0.2) is 27.2 Å². The summed E-state index contributed by atoms with van der Waals surface area (Å²) >= 11 is 0. The smallest absolute Gasteiger partial charge is 0.230 e. The highest BCUT2D eigenvalue weighted by Crippen LogP contribution is 2.39. The van der Waals surface area contributed by atoms with Crippen molar-refractivity contribution in [2.45, 2.75) is 31.1 Å². The van der Waals surface area contributed by atoms with Crippen LogP contribution in [0.4, 0.5) is 17.6 Å². The lowest BCUT2D eigenvalue weighted by Crippen LogP contribution is -2.35. The van der Waals surface area contributed by atoms with Crippen molar-refractivity contribution in [3.05, 3.63) is 35.9 Å². The molecule has 0 saturated carbocycles. The Bertz CT molecular complexity index is 1380. The number of nitrogens with zero attached hydrogens (tertiary/aromatic N) is 5. The number of hydrogen-bond acceptors (Lipinski definition) is 11. The predicted molar refractivity (Wildman–Crippen MR) is 137 cm³/mol. The number of ether oxygens (including phenoxy) is 3. The first-order valence-electron chi connectivity index (χ1n) is 11.9. The average molecular weight is 531 g/mol. The van der Waals surface area contributed by atoms with Crippen LogP contribution in [-0.4, -0.2) is 79.3 Å². The molecule has 2 aliphatic rings. The number of nitrogens with one attached hydrogen (secondary N) is 1. The molecule has 2 N–H and O–H groups in total. The zero-order chi connectivity index (χ0) is 26.2. The molecule has 1 saturated heterocycles. The summed E-state index contributed by atoms with van der Waals surface area (Å²) in [6.45, 7) is 0.678. The maximum atomic E-state index is 12.4. The second-order valence-electron chi connectivity index (χ2n) is 8.98. The summed E-state index contributed by atoms with van der Waals surface area (Å²) in [6.07, 6.45) is 5.46. The van der Waals surface area contributed by atoms with Gasteiger partial charge in [-0.05, 0) is 12.8 Å². The third kappa shape index (κ3) is 4.88. The molecule has 12 nitrogen and oxygen atoms in total. The fourth-order valence-corrected chi connectivity index (χ4v) is 6.26. The predicted octanol–water partition coefficient (Wildman–Crippen LogP) is 1.86. The highest BCUT2D eigenvalue weighted by Gasteiger charge is 2.33. The molecule has 5 rings (SSSR count). The van der Waals surface area contributed by atoms with Gasteiger partial charge in [0.1, 0.15) is 12.1 Å². The first kappa shape index (κ1) is 25.1. The lowest BCUT2D eigenvalue weighted by Gasteiger charge is -2.29. The molecular formula is C24H30N6O6S. The van der Waals surface area contributed by atoms with Gasteiger partial charge in [-0.25, -0.2) is 18.4 Å². The van der Waals surface area contributed by atoms with Gasteiger partial charge in [0.2, 0.25) is 11.7 Å². The van der Waals surface area contributed by atoms with E-state index in [1.54, 1.807) is 38.4 Å². The molecule has 1 aromatic carbocycles. The number of aromatic nitrogens is 4. The topological polar surface area (TPSA) is 141 Å². The fraction of sp³-hybridized carbons (Fsp3) is 0.458. The van der Waals surface area contributed by atoms with Crippen molar-refractivity contribution in [2.75, 3.05) is 50.5 Å². The minimum Gasteiger partial charge on any atom is -0.493 e. The molecule has 0 spiro atoms. The highest BCUT2D eigenvalue weighted by molar-refractivity contribution is 7.90. The van der Waals surface area contributed by atoms with Crippen molar-refractivity contribution in [1.82, 2.24) is 19.5 Å². The molecule has 4 heterocycles. The molecule has 2 aliphatic heterocycles. The number of rotatable bonds is 8. The van der Waals surface area contributed by atoms with Gasteiger partial charge >= 0.3 is 0 Å². The van der Waals surface area contributed by atoms with E-state index in [1.165, 1.54) is 0 Å². The number of sulfone groups is 1. The van der Waals surface area contributed by atoms with Crippen LogP contribution in [0.5, 0.6) is 17.2 Å². The minimum absolute atomic E-state index is 0.0204. The number of imidazole rings is 1. The van der Waals surface area contributed by atoms with E-state index >= 15 is 0 Å². The van der Waals surface area contributed by atoms with Crippen molar-refractivity contribution in [3.8, 4) is 22.9 Å². The van der Waals surface area contributed by atoms with E-state index < -0.39 is 9.84 Å². The Morgan fingerprint density at radius 2 is 1.89 bits per heavy atom.